The molecular formula is C16H27ClN5O6PSi. The fraction of sp³-hybridized carbons (Fsp3) is 0.688. The van der Waals surface area contributed by atoms with Crippen molar-refractivity contribution >= 4 is 45.3 Å². The van der Waals surface area contributed by atoms with Crippen molar-refractivity contribution < 1.29 is 28.2 Å². The molecular weight excluding hydrogens is 453 g/mol. The molecule has 2 aromatic rings. The van der Waals surface area contributed by atoms with E-state index in [9.17, 15) is 4.57 Å². The van der Waals surface area contributed by atoms with E-state index in [4.69, 9.17) is 36.3 Å². The maximum atomic E-state index is 10.8. The number of nitrogens with zero attached hydrogens (tertiary/aromatic N) is 4. The van der Waals surface area contributed by atoms with Crippen molar-refractivity contribution in [3.8, 4) is 0 Å². The molecule has 30 heavy (non-hydrogen) atoms. The predicted octanol–water partition coefficient (Wildman–Crippen LogP) is 3.07. The van der Waals surface area contributed by atoms with Crippen LogP contribution in [0.25, 0.3) is 11.2 Å². The summed E-state index contributed by atoms with van der Waals surface area (Å²) in [4.78, 5) is 26.2. The Morgan fingerprint density at radius 3 is 2.77 bits per heavy atom. The average Bonchev–Trinajstić information content (AvgIpc) is 3.17. The molecule has 1 aliphatic heterocycles. The summed E-state index contributed by atoms with van der Waals surface area (Å²) < 4.78 is 29.6. The van der Waals surface area contributed by atoms with Crippen LogP contribution in [0.1, 0.15) is 33.4 Å². The third-order valence-corrected chi connectivity index (χ3v) is 10.5. The van der Waals surface area contributed by atoms with E-state index < -0.39 is 28.9 Å². The number of nitrogens with two attached hydrogens (primary N) is 1. The highest BCUT2D eigenvalue weighted by Gasteiger charge is 2.45. The molecule has 0 bridgehead atoms. The zero-order chi connectivity index (χ0) is 22.3. The van der Waals surface area contributed by atoms with Crippen LogP contribution in [-0.4, -0.2) is 51.5 Å². The molecule has 3 rings (SSSR count). The van der Waals surface area contributed by atoms with E-state index in [-0.39, 0.29) is 28.9 Å². The number of fused-ring (bicyclic) bond motifs is 1. The van der Waals surface area contributed by atoms with Crippen LogP contribution in [0.5, 0.6) is 0 Å². The van der Waals surface area contributed by atoms with Crippen LogP contribution in [0, 0.1) is 0 Å². The number of nitrogen functional groups attached to an aromatic ring is 1. The summed E-state index contributed by atoms with van der Waals surface area (Å²) in [5.74, 6) is 0.0303. The fourth-order valence-electron chi connectivity index (χ4n) is 2.96. The average molecular weight is 480 g/mol. The van der Waals surface area contributed by atoms with E-state index in [1.807, 2.05) is 0 Å². The van der Waals surface area contributed by atoms with E-state index in [1.54, 1.807) is 10.9 Å². The topological polar surface area (TPSA) is 144 Å². The fourth-order valence-corrected chi connectivity index (χ4v) is 4.71. The molecule has 0 aliphatic carbocycles. The molecule has 2 aromatic heterocycles. The predicted molar refractivity (Wildman–Crippen MR) is 114 cm³/mol. The van der Waals surface area contributed by atoms with Crippen molar-refractivity contribution in [1.29, 1.82) is 0 Å². The van der Waals surface area contributed by atoms with Crippen LogP contribution in [-0.2, 0) is 23.3 Å². The number of rotatable bonds is 7. The standard InChI is InChI=1S/C16H27ClN5O6PSi/c1-16(2,3)30(4,5)27-9-6-11(26-10(9)7-25-28-29(23)24)22-8-19-12-13(17)20-15(18)21-14(12)22/h8-11,29H,6-7H2,1-5H3,(H,23,24)(H2,18,20,21)/t9-,10+,11+/m0/s1. The van der Waals surface area contributed by atoms with Crippen molar-refractivity contribution in [3.63, 3.8) is 0 Å². The summed E-state index contributed by atoms with van der Waals surface area (Å²) in [6.45, 7) is 10.6. The summed E-state index contributed by atoms with van der Waals surface area (Å²) >= 11 is 6.12. The van der Waals surface area contributed by atoms with Gasteiger partial charge in [0, 0.05) is 6.42 Å². The Morgan fingerprint density at radius 2 is 2.13 bits per heavy atom. The number of halogens is 1. The Kier molecular flexibility index (Phi) is 6.90. The van der Waals surface area contributed by atoms with Crippen LogP contribution in [0.3, 0.4) is 0 Å². The van der Waals surface area contributed by atoms with Crippen molar-refractivity contribution in [2.45, 2.75) is 63.8 Å². The number of imidazole rings is 1. The number of hydrogen-bond acceptors (Lipinski definition) is 9. The number of anilines is 1. The van der Waals surface area contributed by atoms with Gasteiger partial charge >= 0.3 is 8.25 Å². The maximum Gasteiger partial charge on any atom is 0.344 e. The van der Waals surface area contributed by atoms with Crippen LogP contribution in [0.4, 0.5) is 5.95 Å². The van der Waals surface area contributed by atoms with Gasteiger partial charge in [0.05, 0.1) is 12.4 Å². The van der Waals surface area contributed by atoms with Gasteiger partial charge in [0.1, 0.15) is 24.5 Å². The lowest BCUT2D eigenvalue weighted by Crippen LogP contribution is -2.46. The Morgan fingerprint density at radius 1 is 1.43 bits per heavy atom. The molecule has 4 atom stereocenters. The molecule has 14 heteroatoms. The summed E-state index contributed by atoms with van der Waals surface area (Å²) in [7, 11) is -5.35. The highest BCUT2D eigenvalue weighted by atomic mass is 35.5. The zero-order valence-electron chi connectivity index (χ0n) is 17.5. The number of hydrogen-bond donors (Lipinski definition) is 2. The Hall–Kier alpha value is -1.11. The maximum absolute atomic E-state index is 10.8. The highest BCUT2D eigenvalue weighted by molar-refractivity contribution is 7.31. The molecule has 1 saturated heterocycles. The first kappa shape index (κ1) is 23.5. The lowest BCUT2D eigenvalue weighted by Gasteiger charge is -2.39. The van der Waals surface area contributed by atoms with Crippen molar-refractivity contribution in [2.75, 3.05) is 12.3 Å². The van der Waals surface area contributed by atoms with E-state index in [0.29, 0.717) is 17.6 Å². The monoisotopic (exact) mass is 479 g/mol. The van der Waals surface area contributed by atoms with Gasteiger partial charge in [0.2, 0.25) is 5.95 Å². The lowest BCUT2D eigenvalue weighted by molar-refractivity contribution is -0.234. The molecule has 0 saturated carbocycles. The SMILES string of the molecule is CC(C)(C)[Si](C)(C)O[C@H]1C[C@H](n2cnc3c(Cl)nc(N)nc32)O[C@@H]1COO[PH](=O)O. The van der Waals surface area contributed by atoms with Crippen molar-refractivity contribution in [2.24, 2.45) is 0 Å². The van der Waals surface area contributed by atoms with Crippen LogP contribution >= 0.6 is 19.9 Å². The van der Waals surface area contributed by atoms with Crippen LogP contribution in [0.2, 0.25) is 23.3 Å². The molecule has 3 heterocycles. The lowest BCUT2D eigenvalue weighted by atomic mass is 10.2. The van der Waals surface area contributed by atoms with Crippen molar-refractivity contribution in [1.82, 2.24) is 19.5 Å². The molecule has 1 fully saturated rings. The first-order valence-corrected chi connectivity index (χ1v) is 14.0. The normalized spacial score (nSPS) is 23.9. The van der Waals surface area contributed by atoms with Gasteiger partial charge in [0.15, 0.2) is 19.1 Å². The minimum atomic E-state index is -3.22. The van der Waals surface area contributed by atoms with Gasteiger partial charge in [-0.05, 0) is 18.1 Å². The summed E-state index contributed by atoms with van der Waals surface area (Å²) in [5, 5.41) is 0.143. The van der Waals surface area contributed by atoms with E-state index in [2.05, 4.69) is 53.5 Å². The van der Waals surface area contributed by atoms with Gasteiger partial charge < -0.3 is 19.8 Å². The Bertz CT molecular complexity index is 939. The third kappa shape index (κ3) is 5.02. The molecule has 1 aliphatic rings. The third-order valence-electron chi connectivity index (χ3n) is 5.50. The minimum Gasteiger partial charge on any atom is -0.411 e. The zero-order valence-corrected chi connectivity index (χ0v) is 20.2. The van der Waals surface area contributed by atoms with Gasteiger partial charge in [-0.25, -0.2) is 9.87 Å². The number of ether oxygens (including phenoxy) is 1. The summed E-state index contributed by atoms with van der Waals surface area (Å²) in [6, 6.07) is 0. The first-order chi connectivity index (χ1) is 13.9. The molecule has 3 N–H and O–H groups in total. The molecule has 11 nitrogen and oxygen atoms in total. The second-order valence-corrected chi connectivity index (χ2v) is 14.4. The molecule has 0 aromatic carbocycles. The number of aromatic nitrogens is 4. The summed E-state index contributed by atoms with van der Waals surface area (Å²) in [6.07, 6.45) is 0.715. The van der Waals surface area contributed by atoms with Gasteiger partial charge in [-0.15, -0.1) is 0 Å². The van der Waals surface area contributed by atoms with E-state index in [0.717, 1.165) is 0 Å². The largest absolute Gasteiger partial charge is 0.411 e. The quantitative estimate of drug-likeness (QED) is 0.200. The van der Waals surface area contributed by atoms with E-state index >= 15 is 0 Å². The van der Waals surface area contributed by atoms with Crippen molar-refractivity contribution in [3.05, 3.63) is 11.5 Å². The Labute approximate surface area is 180 Å². The minimum absolute atomic E-state index is 0.0137. The van der Waals surface area contributed by atoms with Crippen LogP contribution in [0.15, 0.2) is 6.33 Å². The molecule has 0 spiro atoms. The van der Waals surface area contributed by atoms with Crippen LogP contribution < -0.4 is 5.73 Å². The smallest absolute Gasteiger partial charge is 0.344 e. The highest BCUT2D eigenvalue weighted by Crippen LogP contribution is 2.41. The summed E-state index contributed by atoms with van der Waals surface area (Å²) in [5.41, 5.74) is 6.60. The Balaban J connectivity index is 1.86. The second kappa shape index (κ2) is 8.79. The molecule has 0 amide bonds. The van der Waals surface area contributed by atoms with Gasteiger partial charge in [-0.3, -0.25) is 9.13 Å². The van der Waals surface area contributed by atoms with Gasteiger partial charge in [-0.1, -0.05) is 32.4 Å². The van der Waals surface area contributed by atoms with Gasteiger partial charge in [-0.2, -0.15) is 14.6 Å². The molecule has 168 valence electrons. The van der Waals surface area contributed by atoms with E-state index in [1.165, 1.54) is 0 Å². The first-order valence-electron chi connectivity index (χ1n) is 9.40. The second-order valence-electron chi connectivity index (χ2n) is 8.61. The van der Waals surface area contributed by atoms with Gasteiger partial charge in [0.25, 0.3) is 0 Å². The molecule has 0 radical (unpaired) electrons. The molecule has 1 unspecified atom stereocenters.